The Balaban J connectivity index is 1.68. The third-order valence-electron chi connectivity index (χ3n) is 5.34. The number of nitrogens with one attached hydrogen (secondary N) is 1. The van der Waals surface area contributed by atoms with Crippen LogP contribution in [0.2, 0.25) is 0 Å². The van der Waals surface area contributed by atoms with Crippen LogP contribution in [0.3, 0.4) is 0 Å². The number of ether oxygens (including phenoxy) is 2. The molecule has 0 radical (unpaired) electrons. The normalized spacial score (nSPS) is 14.7. The van der Waals surface area contributed by atoms with Crippen molar-refractivity contribution in [3.63, 3.8) is 0 Å². The van der Waals surface area contributed by atoms with Gasteiger partial charge in [0, 0.05) is 18.0 Å². The number of rotatable bonds is 7. The van der Waals surface area contributed by atoms with Crippen molar-refractivity contribution in [2.45, 2.75) is 25.2 Å². The smallest absolute Gasteiger partial charge is 0.265 e. The predicted octanol–water partition coefficient (Wildman–Crippen LogP) is 4.68. The zero-order chi connectivity index (χ0) is 23.4. The summed E-state index contributed by atoms with van der Waals surface area (Å²) in [7, 11) is -3.73. The lowest BCUT2D eigenvalue weighted by Crippen LogP contribution is -2.40. The van der Waals surface area contributed by atoms with E-state index in [4.69, 9.17) is 9.47 Å². The zero-order valence-corrected chi connectivity index (χ0v) is 20.2. The van der Waals surface area contributed by atoms with E-state index in [1.54, 1.807) is 18.2 Å². The lowest BCUT2D eigenvalue weighted by Gasteiger charge is -2.26. The van der Waals surface area contributed by atoms with Crippen molar-refractivity contribution >= 4 is 33.0 Å². The third kappa shape index (κ3) is 5.27. The molecule has 7 nitrogen and oxygen atoms in total. The fraction of sp³-hybridized carbons (Fsp3) is 0.292. The largest absolute Gasteiger partial charge is 0.455 e. The number of benzene rings is 2. The molecular formula is C24H26N2O5S2. The van der Waals surface area contributed by atoms with Gasteiger partial charge in [0.2, 0.25) is 10.0 Å². The number of hydrogen-bond donors (Lipinski definition) is 1. The van der Waals surface area contributed by atoms with E-state index in [2.05, 4.69) is 5.32 Å². The Morgan fingerprint density at radius 2 is 1.85 bits per heavy atom. The summed E-state index contributed by atoms with van der Waals surface area (Å²) in [5.74, 6) is 0.637. The van der Waals surface area contributed by atoms with E-state index >= 15 is 0 Å². The topological polar surface area (TPSA) is 84.9 Å². The molecule has 0 spiro atoms. The number of para-hydroxylation sites is 1. The van der Waals surface area contributed by atoms with Gasteiger partial charge in [-0.05, 0) is 55.3 Å². The lowest BCUT2D eigenvalue weighted by atomic mass is 10.2. The maximum absolute atomic E-state index is 13.2. The molecule has 1 N–H and O–H groups in total. The molecule has 0 unspecified atom stereocenters. The highest BCUT2D eigenvalue weighted by Crippen LogP contribution is 2.34. The van der Waals surface area contributed by atoms with Crippen LogP contribution in [0.25, 0.3) is 0 Å². The molecule has 1 amide bonds. The van der Waals surface area contributed by atoms with Crippen molar-refractivity contribution in [1.29, 1.82) is 0 Å². The Morgan fingerprint density at radius 1 is 1.12 bits per heavy atom. The summed E-state index contributed by atoms with van der Waals surface area (Å²) in [6.07, 6.45) is 0.847. The SMILES string of the molecule is CCc1sc(C(=O)Nc2cc(S(=O)(=O)N3CCOCC3)ccc2Oc2ccccc2)cc1C. The van der Waals surface area contributed by atoms with Crippen LogP contribution in [-0.4, -0.2) is 44.9 Å². The third-order valence-corrected chi connectivity index (χ3v) is 8.62. The average Bonchev–Trinajstić information content (AvgIpc) is 3.22. The Hall–Kier alpha value is -2.72. The first kappa shape index (κ1) is 23.4. The van der Waals surface area contributed by atoms with Gasteiger partial charge in [-0.3, -0.25) is 4.79 Å². The van der Waals surface area contributed by atoms with Crippen LogP contribution in [0, 0.1) is 6.92 Å². The van der Waals surface area contributed by atoms with Crippen LogP contribution >= 0.6 is 11.3 Å². The minimum atomic E-state index is -3.73. The Bertz CT molecular complexity index is 1230. The maximum atomic E-state index is 13.2. The molecule has 1 aliphatic rings. The summed E-state index contributed by atoms with van der Waals surface area (Å²) >= 11 is 1.44. The molecule has 1 aliphatic heterocycles. The van der Waals surface area contributed by atoms with E-state index < -0.39 is 10.0 Å². The quantitative estimate of drug-likeness (QED) is 0.524. The molecule has 0 aliphatic carbocycles. The van der Waals surface area contributed by atoms with Crippen molar-refractivity contribution in [2.75, 3.05) is 31.6 Å². The van der Waals surface area contributed by atoms with Crippen LogP contribution in [-0.2, 0) is 21.2 Å². The zero-order valence-electron chi connectivity index (χ0n) is 18.5. The van der Waals surface area contributed by atoms with E-state index in [-0.39, 0.29) is 10.8 Å². The number of amides is 1. The van der Waals surface area contributed by atoms with Crippen molar-refractivity contribution in [2.24, 2.45) is 0 Å². The molecule has 2 heterocycles. The summed E-state index contributed by atoms with van der Waals surface area (Å²) in [5.41, 5.74) is 1.36. The van der Waals surface area contributed by atoms with Gasteiger partial charge in [0.15, 0.2) is 5.75 Å². The molecule has 1 fully saturated rings. The number of hydrogen-bond acceptors (Lipinski definition) is 6. The number of nitrogens with zero attached hydrogens (tertiary/aromatic N) is 1. The minimum Gasteiger partial charge on any atom is -0.455 e. The summed E-state index contributed by atoms with van der Waals surface area (Å²) in [6, 6.07) is 15.5. The average molecular weight is 487 g/mol. The molecule has 9 heteroatoms. The van der Waals surface area contributed by atoms with E-state index in [9.17, 15) is 13.2 Å². The van der Waals surface area contributed by atoms with Gasteiger partial charge in [-0.2, -0.15) is 4.31 Å². The van der Waals surface area contributed by atoms with Crippen molar-refractivity contribution in [3.8, 4) is 11.5 Å². The van der Waals surface area contributed by atoms with E-state index in [1.807, 2.05) is 38.1 Å². The van der Waals surface area contributed by atoms with Crippen molar-refractivity contribution in [3.05, 3.63) is 69.9 Å². The monoisotopic (exact) mass is 486 g/mol. The van der Waals surface area contributed by atoms with E-state index in [0.29, 0.717) is 48.4 Å². The maximum Gasteiger partial charge on any atom is 0.265 e. The molecule has 1 saturated heterocycles. The summed E-state index contributed by atoms with van der Waals surface area (Å²) < 4.78 is 39.0. The summed E-state index contributed by atoms with van der Waals surface area (Å²) in [5, 5.41) is 2.87. The van der Waals surface area contributed by atoms with Crippen LogP contribution in [0.1, 0.15) is 27.0 Å². The number of morpholine rings is 1. The number of aryl methyl sites for hydroxylation is 2. The number of sulfonamides is 1. The molecule has 1 aromatic heterocycles. The van der Waals surface area contributed by atoms with Crippen molar-refractivity contribution < 1.29 is 22.7 Å². The van der Waals surface area contributed by atoms with Crippen LogP contribution in [0.15, 0.2) is 59.5 Å². The molecule has 2 aromatic carbocycles. The highest BCUT2D eigenvalue weighted by atomic mass is 32.2. The molecule has 4 rings (SSSR count). The first-order valence-electron chi connectivity index (χ1n) is 10.7. The highest BCUT2D eigenvalue weighted by molar-refractivity contribution is 7.89. The van der Waals surface area contributed by atoms with Crippen LogP contribution < -0.4 is 10.1 Å². The number of anilines is 1. The predicted molar refractivity (Wildman–Crippen MR) is 129 cm³/mol. The molecule has 0 atom stereocenters. The standard InChI is InChI=1S/C24H26N2O5S2/c1-3-22-17(2)15-23(32-22)24(27)25-20-16-19(33(28,29)26-11-13-30-14-12-26)9-10-21(20)31-18-7-5-4-6-8-18/h4-10,15-16H,3,11-14H2,1-2H3,(H,25,27). The lowest BCUT2D eigenvalue weighted by molar-refractivity contribution is 0.0730. The molecule has 3 aromatic rings. The van der Waals surface area contributed by atoms with Gasteiger partial charge in [0.05, 0.1) is 28.7 Å². The number of carbonyl (C=O) groups is 1. The van der Waals surface area contributed by atoms with Gasteiger partial charge < -0.3 is 14.8 Å². The number of carbonyl (C=O) groups excluding carboxylic acids is 1. The number of thiophene rings is 1. The Labute approximate surface area is 198 Å². The molecule has 33 heavy (non-hydrogen) atoms. The second-order valence-corrected chi connectivity index (χ2v) is 10.7. The molecule has 0 saturated carbocycles. The Morgan fingerprint density at radius 3 is 2.52 bits per heavy atom. The molecule has 174 valence electrons. The fourth-order valence-electron chi connectivity index (χ4n) is 3.57. The minimum absolute atomic E-state index is 0.0942. The first-order valence-corrected chi connectivity index (χ1v) is 13.0. The molecular weight excluding hydrogens is 460 g/mol. The van der Waals surface area contributed by atoms with Gasteiger partial charge in [-0.15, -0.1) is 11.3 Å². The van der Waals surface area contributed by atoms with Crippen LogP contribution in [0.5, 0.6) is 11.5 Å². The van der Waals surface area contributed by atoms with E-state index in [1.165, 1.54) is 27.8 Å². The highest BCUT2D eigenvalue weighted by Gasteiger charge is 2.27. The van der Waals surface area contributed by atoms with Gasteiger partial charge in [0.25, 0.3) is 5.91 Å². The summed E-state index contributed by atoms with van der Waals surface area (Å²) in [4.78, 5) is 14.8. The van der Waals surface area contributed by atoms with Gasteiger partial charge in [-0.25, -0.2) is 8.42 Å². The van der Waals surface area contributed by atoms with Gasteiger partial charge in [0.1, 0.15) is 5.75 Å². The molecule has 0 bridgehead atoms. The second-order valence-electron chi connectivity index (χ2n) is 7.61. The fourth-order valence-corrected chi connectivity index (χ4v) is 6.02. The van der Waals surface area contributed by atoms with Crippen LogP contribution in [0.4, 0.5) is 5.69 Å². The van der Waals surface area contributed by atoms with Gasteiger partial charge in [-0.1, -0.05) is 25.1 Å². The first-order chi connectivity index (χ1) is 15.9. The van der Waals surface area contributed by atoms with E-state index in [0.717, 1.165) is 16.9 Å². The second kappa shape index (κ2) is 10.0. The summed E-state index contributed by atoms with van der Waals surface area (Å²) in [6.45, 7) is 5.32. The Kier molecular flexibility index (Phi) is 7.14. The van der Waals surface area contributed by atoms with Gasteiger partial charge >= 0.3 is 0 Å². The van der Waals surface area contributed by atoms with Crippen molar-refractivity contribution in [1.82, 2.24) is 4.31 Å².